The molecule has 0 spiro atoms. The van der Waals surface area contributed by atoms with Crippen LogP contribution in [0.2, 0.25) is 0 Å². The molecule has 2 aromatic carbocycles. The van der Waals surface area contributed by atoms with Crippen molar-refractivity contribution in [3.05, 3.63) is 77.9 Å². The first-order valence-corrected chi connectivity index (χ1v) is 9.92. The third-order valence-electron chi connectivity index (χ3n) is 5.23. The SMILES string of the molecule is O=C(c1ccccc1)c1cn(CCCN2CCN(c3ccccc3F)CC2)nn1. The Labute approximate surface area is 169 Å². The number of hydrogen-bond donors (Lipinski definition) is 0. The normalized spacial score (nSPS) is 14.9. The van der Waals surface area contributed by atoms with Gasteiger partial charge in [-0.2, -0.15) is 0 Å². The molecule has 0 unspecified atom stereocenters. The molecular formula is C22H24FN5O. The molecule has 0 bridgehead atoms. The molecule has 1 aromatic heterocycles. The number of rotatable bonds is 7. The molecule has 1 saturated heterocycles. The maximum Gasteiger partial charge on any atom is 0.214 e. The average molecular weight is 393 g/mol. The summed E-state index contributed by atoms with van der Waals surface area (Å²) in [6.45, 7) is 5.10. The summed E-state index contributed by atoms with van der Waals surface area (Å²) in [6, 6.07) is 16.1. The molecule has 29 heavy (non-hydrogen) atoms. The Morgan fingerprint density at radius 2 is 1.66 bits per heavy atom. The van der Waals surface area contributed by atoms with Gasteiger partial charge in [-0.1, -0.05) is 47.7 Å². The minimum atomic E-state index is -0.159. The van der Waals surface area contributed by atoms with Gasteiger partial charge in [0.05, 0.1) is 11.9 Å². The van der Waals surface area contributed by atoms with E-state index in [1.54, 1.807) is 29.1 Å². The highest BCUT2D eigenvalue weighted by atomic mass is 19.1. The lowest BCUT2D eigenvalue weighted by atomic mass is 10.1. The lowest BCUT2D eigenvalue weighted by Crippen LogP contribution is -2.47. The number of aromatic nitrogens is 3. The molecule has 1 aliphatic heterocycles. The summed E-state index contributed by atoms with van der Waals surface area (Å²) in [6.07, 6.45) is 2.63. The molecule has 4 rings (SSSR count). The van der Waals surface area contributed by atoms with Gasteiger partial charge in [0.2, 0.25) is 5.78 Å². The van der Waals surface area contributed by atoms with Crippen LogP contribution in [0.1, 0.15) is 22.5 Å². The van der Waals surface area contributed by atoms with Gasteiger partial charge in [0.25, 0.3) is 0 Å². The van der Waals surface area contributed by atoms with Crippen molar-refractivity contribution in [1.82, 2.24) is 19.9 Å². The number of benzene rings is 2. The zero-order chi connectivity index (χ0) is 20.1. The summed E-state index contributed by atoms with van der Waals surface area (Å²) in [5.41, 5.74) is 1.67. The van der Waals surface area contributed by atoms with Crippen molar-refractivity contribution in [2.75, 3.05) is 37.6 Å². The van der Waals surface area contributed by atoms with Gasteiger partial charge in [-0.15, -0.1) is 5.10 Å². The number of para-hydroxylation sites is 1. The average Bonchev–Trinajstić information content (AvgIpc) is 3.24. The van der Waals surface area contributed by atoms with Crippen LogP contribution in [0, 0.1) is 5.82 Å². The van der Waals surface area contributed by atoms with Crippen LogP contribution in [-0.2, 0) is 6.54 Å². The predicted octanol–water partition coefficient (Wildman–Crippen LogP) is 2.86. The van der Waals surface area contributed by atoms with Crippen molar-refractivity contribution in [2.45, 2.75) is 13.0 Å². The Bertz CT molecular complexity index is 951. The Balaban J connectivity index is 1.23. The van der Waals surface area contributed by atoms with Crippen LogP contribution in [0.25, 0.3) is 0 Å². The van der Waals surface area contributed by atoms with Gasteiger partial charge >= 0.3 is 0 Å². The van der Waals surface area contributed by atoms with Gasteiger partial charge in [-0.3, -0.25) is 14.4 Å². The summed E-state index contributed by atoms with van der Waals surface area (Å²) in [5.74, 6) is -0.269. The highest BCUT2D eigenvalue weighted by Gasteiger charge is 2.19. The van der Waals surface area contributed by atoms with Crippen molar-refractivity contribution in [3.63, 3.8) is 0 Å². The molecule has 0 radical (unpaired) electrons. The number of piperazine rings is 1. The van der Waals surface area contributed by atoms with Gasteiger partial charge in [-0.05, 0) is 18.6 Å². The predicted molar refractivity (Wildman–Crippen MR) is 110 cm³/mol. The van der Waals surface area contributed by atoms with Crippen LogP contribution in [0.5, 0.6) is 0 Å². The first-order chi connectivity index (χ1) is 14.2. The van der Waals surface area contributed by atoms with Crippen molar-refractivity contribution in [2.24, 2.45) is 0 Å². The number of halogens is 1. The van der Waals surface area contributed by atoms with Gasteiger partial charge in [0.1, 0.15) is 5.82 Å². The van der Waals surface area contributed by atoms with Crippen LogP contribution in [0.3, 0.4) is 0 Å². The van der Waals surface area contributed by atoms with Crippen molar-refractivity contribution in [3.8, 4) is 0 Å². The highest BCUT2D eigenvalue weighted by molar-refractivity contribution is 6.07. The van der Waals surface area contributed by atoms with E-state index < -0.39 is 0 Å². The summed E-state index contributed by atoms with van der Waals surface area (Å²) in [4.78, 5) is 16.9. The largest absolute Gasteiger partial charge is 0.367 e. The fourth-order valence-corrected chi connectivity index (χ4v) is 3.63. The maximum atomic E-state index is 13.9. The Morgan fingerprint density at radius 1 is 0.931 bits per heavy atom. The molecule has 6 nitrogen and oxygen atoms in total. The number of nitrogens with zero attached hydrogens (tertiary/aromatic N) is 5. The molecule has 2 heterocycles. The Kier molecular flexibility index (Phi) is 5.95. The minimum Gasteiger partial charge on any atom is -0.367 e. The molecular weight excluding hydrogens is 369 g/mol. The van der Waals surface area contributed by atoms with Crippen LogP contribution in [0.15, 0.2) is 60.8 Å². The molecule has 0 saturated carbocycles. The van der Waals surface area contributed by atoms with E-state index in [9.17, 15) is 9.18 Å². The number of hydrogen-bond acceptors (Lipinski definition) is 5. The Morgan fingerprint density at radius 3 is 2.41 bits per heavy atom. The second kappa shape index (κ2) is 8.96. The third kappa shape index (κ3) is 4.68. The van der Waals surface area contributed by atoms with E-state index in [0.29, 0.717) is 23.5 Å². The number of ketones is 1. The number of aryl methyl sites for hydroxylation is 1. The first-order valence-electron chi connectivity index (χ1n) is 9.92. The molecule has 0 atom stereocenters. The van der Waals surface area contributed by atoms with E-state index in [1.807, 2.05) is 30.3 Å². The topological polar surface area (TPSA) is 54.3 Å². The van der Waals surface area contributed by atoms with Gasteiger partial charge < -0.3 is 4.90 Å². The van der Waals surface area contributed by atoms with Crippen molar-refractivity contribution < 1.29 is 9.18 Å². The lowest BCUT2D eigenvalue weighted by molar-refractivity contribution is 0.103. The van der Waals surface area contributed by atoms with E-state index in [-0.39, 0.29) is 11.6 Å². The molecule has 1 aliphatic rings. The molecule has 0 aliphatic carbocycles. The van der Waals surface area contributed by atoms with E-state index in [0.717, 1.165) is 39.1 Å². The zero-order valence-electron chi connectivity index (χ0n) is 16.2. The summed E-state index contributed by atoms with van der Waals surface area (Å²) in [7, 11) is 0. The summed E-state index contributed by atoms with van der Waals surface area (Å²) >= 11 is 0. The van der Waals surface area contributed by atoms with E-state index in [2.05, 4.69) is 20.1 Å². The van der Waals surface area contributed by atoms with Gasteiger partial charge in [0.15, 0.2) is 5.69 Å². The lowest BCUT2D eigenvalue weighted by Gasteiger charge is -2.36. The molecule has 0 amide bonds. The smallest absolute Gasteiger partial charge is 0.214 e. The van der Waals surface area contributed by atoms with E-state index in [1.165, 1.54) is 6.07 Å². The monoisotopic (exact) mass is 393 g/mol. The highest BCUT2D eigenvalue weighted by Crippen LogP contribution is 2.20. The van der Waals surface area contributed by atoms with E-state index >= 15 is 0 Å². The van der Waals surface area contributed by atoms with Gasteiger partial charge in [0, 0.05) is 44.8 Å². The quantitative estimate of drug-likeness (QED) is 0.578. The molecule has 3 aromatic rings. The maximum absolute atomic E-state index is 13.9. The second-order valence-corrected chi connectivity index (χ2v) is 7.20. The van der Waals surface area contributed by atoms with E-state index in [4.69, 9.17) is 0 Å². The molecule has 150 valence electrons. The first kappa shape index (κ1) is 19.3. The van der Waals surface area contributed by atoms with Crippen LogP contribution >= 0.6 is 0 Å². The number of carbonyl (C=O) groups is 1. The minimum absolute atomic E-state index is 0.110. The summed E-state index contributed by atoms with van der Waals surface area (Å²) < 4.78 is 15.7. The van der Waals surface area contributed by atoms with Crippen LogP contribution in [0.4, 0.5) is 10.1 Å². The number of carbonyl (C=O) groups excluding carboxylic acids is 1. The molecule has 7 heteroatoms. The fraction of sp³-hybridized carbons (Fsp3) is 0.318. The van der Waals surface area contributed by atoms with Crippen molar-refractivity contribution >= 4 is 11.5 Å². The standard InChI is InChI=1S/C22H24FN5O/c23-19-9-4-5-10-21(19)27-15-13-26(14-16-27)11-6-12-28-17-20(24-25-28)22(29)18-7-2-1-3-8-18/h1-5,7-10,17H,6,11-16H2. The number of anilines is 1. The van der Waals surface area contributed by atoms with Crippen molar-refractivity contribution in [1.29, 1.82) is 0 Å². The third-order valence-corrected chi connectivity index (χ3v) is 5.23. The second-order valence-electron chi connectivity index (χ2n) is 7.20. The molecule has 0 N–H and O–H groups in total. The van der Waals surface area contributed by atoms with Crippen LogP contribution in [-0.4, -0.2) is 58.4 Å². The zero-order valence-corrected chi connectivity index (χ0v) is 16.2. The fourth-order valence-electron chi connectivity index (χ4n) is 3.63. The summed E-state index contributed by atoms with van der Waals surface area (Å²) in [5, 5.41) is 8.10. The van der Waals surface area contributed by atoms with Gasteiger partial charge in [-0.25, -0.2) is 4.39 Å². The van der Waals surface area contributed by atoms with Crippen LogP contribution < -0.4 is 4.90 Å². The Hall–Kier alpha value is -3.06. The molecule has 1 fully saturated rings.